The Bertz CT molecular complexity index is 944. The molecule has 1 aliphatic carbocycles. The summed E-state index contributed by atoms with van der Waals surface area (Å²) in [7, 11) is -3.39. The van der Waals surface area contributed by atoms with Crippen molar-refractivity contribution in [2.45, 2.75) is 84.3 Å². The highest BCUT2D eigenvalue weighted by Gasteiger charge is 2.36. The number of fused-ring (bicyclic) bond motifs is 1. The topological polar surface area (TPSA) is 63.7 Å². The molecule has 180 valence electrons. The van der Waals surface area contributed by atoms with Crippen molar-refractivity contribution < 1.29 is 17.9 Å². The monoisotopic (exact) mass is 483 g/mol. The molecule has 0 bridgehead atoms. The maximum atomic E-state index is 12.6. The van der Waals surface area contributed by atoms with Gasteiger partial charge >= 0.3 is 0 Å². The van der Waals surface area contributed by atoms with E-state index in [9.17, 15) is 13.2 Å². The summed E-state index contributed by atoms with van der Waals surface area (Å²) in [5.41, 5.74) is 2.40. The van der Waals surface area contributed by atoms with E-state index in [-0.39, 0.29) is 28.6 Å². The van der Waals surface area contributed by atoms with Gasteiger partial charge in [0.25, 0.3) is 0 Å². The van der Waals surface area contributed by atoms with Gasteiger partial charge in [-0.25, -0.2) is 8.42 Å². The summed E-state index contributed by atoms with van der Waals surface area (Å²) >= 11 is 6.67. The van der Waals surface area contributed by atoms with Gasteiger partial charge in [-0.1, -0.05) is 38.4 Å². The second kappa shape index (κ2) is 11.8. The first kappa shape index (κ1) is 27.0. The van der Waals surface area contributed by atoms with Crippen LogP contribution < -0.4 is 0 Å². The molecule has 3 rings (SSSR count). The lowest BCUT2D eigenvalue weighted by molar-refractivity contribution is -0.114. The number of halogens is 1. The largest absolute Gasteiger partial charge is 0.371 e. The van der Waals surface area contributed by atoms with Crippen molar-refractivity contribution >= 4 is 32.8 Å². The van der Waals surface area contributed by atoms with E-state index in [1.54, 1.807) is 13.0 Å². The molecule has 0 radical (unpaired) electrons. The van der Waals surface area contributed by atoms with Crippen molar-refractivity contribution in [1.29, 1.82) is 0 Å². The fourth-order valence-electron chi connectivity index (χ4n) is 4.36. The Balaban J connectivity index is 0.000000451. The van der Waals surface area contributed by atoms with Crippen molar-refractivity contribution in [2.24, 2.45) is 0 Å². The molecule has 1 atom stereocenters. The molecule has 0 N–H and O–H groups in total. The molecule has 32 heavy (non-hydrogen) atoms. The average molecular weight is 484 g/mol. The highest BCUT2D eigenvalue weighted by atomic mass is 35.5. The van der Waals surface area contributed by atoms with E-state index < -0.39 is 9.84 Å². The summed E-state index contributed by atoms with van der Waals surface area (Å²) in [5, 5.41) is 0.344. The van der Waals surface area contributed by atoms with E-state index in [2.05, 4.69) is 25.7 Å². The number of benzene rings is 1. The third-order valence-electron chi connectivity index (χ3n) is 6.04. The van der Waals surface area contributed by atoms with Crippen LogP contribution in [0.3, 0.4) is 0 Å². The summed E-state index contributed by atoms with van der Waals surface area (Å²) in [4.78, 5) is 15.0. The van der Waals surface area contributed by atoms with E-state index >= 15 is 0 Å². The van der Waals surface area contributed by atoms with Crippen molar-refractivity contribution in [3.63, 3.8) is 0 Å². The lowest BCUT2D eigenvalue weighted by Crippen LogP contribution is -2.25. The maximum Gasteiger partial charge on any atom is 0.179 e. The minimum absolute atomic E-state index is 0.0470. The lowest BCUT2D eigenvalue weighted by Gasteiger charge is -2.30. The number of hydrogen-bond donors (Lipinski definition) is 0. The van der Waals surface area contributed by atoms with Crippen molar-refractivity contribution in [1.82, 2.24) is 4.90 Å². The zero-order valence-electron chi connectivity index (χ0n) is 20.3. The molecule has 1 aliphatic heterocycles. The van der Waals surface area contributed by atoms with Crippen LogP contribution in [0.1, 0.15) is 83.1 Å². The summed E-state index contributed by atoms with van der Waals surface area (Å²) in [5.74, 6) is 0.114. The molecule has 7 heteroatoms. The fraction of sp³-hybridized carbons (Fsp3) is 0.640. The molecule has 0 aromatic heterocycles. The summed E-state index contributed by atoms with van der Waals surface area (Å²) < 4.78 is 31.2. The Hall–Kier alpha value is -1.21. The summed E-state index contributed by atoms with van der Waals surface area (Å²) in [6, 6.07) is 1.74. The number of allylic oxidation sites excluding steroid dienone is 2. The van der Waals surface area contributed by atoms with Crippen LogP contribution in [-0.4, -0.2) is 50.6 Å². The molecule has 1 heterocycles. The molecule has 2 aliphatic rings. The number of hydrogen-bond acceptors (Lipinski definition) is 5. The van der Waals surface area contributed by atoms with E-state index in [1.807, 2.05) is 19.9 Å². The SMILES string of the molecule is CCN(CC)CC.Cc1cc(C2=CCCCC2=O)c(Cl)c2c1S(=O)(=O)CCC2OC(C)C. The standard InChI is InChI=1S/C19H23ClO4S.C6H15N/c1-11(2)24-16-8-9-25(22,23)19-12(3)10-14(18(20)17(16)19)13-6-4-5-7-15(13)21;1-4-7(5-2)6-3/h6,10-11,16H,4-5,7-9H2,1-3H3;4-6H2,1-3H3. The van der Waals surface area contributed by atoms with E-state index in [1.165, 1.54) is 19.6 Å². The molecule has 0 spiro atoms. The highest BCUT2D eigenvalue weighted by Crippen LogP contribution is 2.45. The van der Waals surface area contributed by atoms with Gasteiger partial charge in [0.05, 0.1) is 27.9 Å². The van der Waals surface area contributed by atoms with Gasteiger partial charge in [0.1, 0.15) is 0 Å². The molecular weight excluding hydrogens is 446 g/mol. The van der Waals surface area contributed by atoms with Crippen LogP contribution >= 0.6 is 11.6 Å². The van der Waals surface area contributed by atoms with Gasteiger partial charge in [-0.15, -0.1) is 0 Å². The van der Waals surface area contributed by atoms with Crippen LogP contribution in [0.5, 0.6) is 0 Å². The van der Waals surface area contributed by atoms with Crippen molar-refractivity contribution in [3.05, 3.63) is 33.9 Å². The number of Topliss-reactive ketones (excluding diaryl/α,β-unsaturated/α-hetero) is 1. The average Bonchev–Trinajstić information content (AvgIpc) is 2.74. The molecule has 1 unspecified atom stereocenters. The number of nitrogens with zero attached hydrogens (tertiary/aromatic N) is 1. The molecule has 0 amide bonds. The van der Waals surface area contributed by atoms with Gasteiger partial charge in [0, 0.05) is 23.1 Å². The third kappa shape index (κ3) is 6.22. The van der Waals surface area contributed by atoms with Gasteiger partial charge < -0.3 is 9.64 Å². The van der Waals surface area contributed by atoms with Crippen LogP contribution in [0, 0.1) is 6.92 Å². The van der Waals surface area contributed by atoms with Crippen molar-refractivity contribution in [3.8, 4) is 0 Å². The molecule has 1 aromatic rings. The predicted octanol–water partition coefficient (Wildman–Crippen LogP) is 5.78. The normalized spacial score (nSPS) is 20.0. The molecule has 0 saturated heterocycles. The van der Waals surface area contributed by atoms with Crippen molar-refractivity contribution in [2.75, 3.05) is 25.4 Å². The van der Waals surface area contributed by atoms with Gasteiger partial charge in [0.2, 0.25) is 0 Å². The lowest BCUT2D eigenvalue weighted by atomic mass is 9.89. The van der Waals surface area contributed by atoms with Crippen LogP contribution in [-0.2, 0) is 19.4 Å². The number of sulfone groups is 1. The zero-order chi connectivity index (χ0) is 24.1. The quantitative estimate of drug-likeness (QED) is 0.513. The Morgan fingerprint density at radius 2 is 1.81 bits per heavy atom. The van der Waals surface area contributed by atoms with Crippen LogP contribution in [0.4, 0.5) is 0 Å². The number of ether oxygens (including phenoxy) is 1. The summed E-state index contributed by atoms with van der Waals surface area (Å²) in [6.45, 7) is 15.7. The first-order chi connectivity index (χ1) is 15.1. The molecule has 0 fully saturated rings. The van der Waals surface area contributed by atoms with Gasteiger partial charge in [0.15, 0.2) is 15.6 Å². The minimum atomic E-state index is -3.39. The van der Waals surface area contributed by atoms with E-state index in [0.717, 1.165) is 12.8 Å². The second-order valence-corrected chi connectivity index (χ2v) is 11.1. The number of carbonyl (C=O) groups is 1. The smallest absolute Gasteiger partial charge is 0.179 e. The van der Waals surface area contributed by atoms with Crippen LogP contribution in [0.2, 0.25) is 5.02 Å². The molecule has 5 nitrogen and oxygen atoms in total. The fourth-order valence-corrected chi connectivity index (χ4v) is 6.64. The van der Waals surface area contributed by atoms with Crippen LogP contribution in [0.25, 0.3) is 5.57 Å². The van der Waals surface area contributed by atoms with Gasteiger partial charge in [-0.05, 0) is 71.3 Å². The number of aryl methyl sites for hydroxylation is 1. The van der Waals surface area contributed by atoms with E-state index in [0.29, 0.717) is 40.1 Å². The first-order valence-corrected chi connectivity index (χ1v) is 13.8. The van der Waals surface area contributed by atoms with Crippen LogP contribution in [0.15, 0.2) is 17.0 Å². The third-order valence-corrected chi connectivity index (χ3v) is 8.39. The Labute approximate surface area is 199 Å². The Morgan fingerprint density at radius 1 is 1.19 bits per heavy atom. The zero-order valence-corrected chi connectivity index (χ0v) is 21.9. The van der Waals surface area contributed by atoms with E-state index in [4.69, 9.17) is 16.3 Å². The predicted molar refractivity (Wildman–Crippen MR) is 132 cm³/mol. The molecule has 1 aromatic carbocycles. The Morgan fingerprint density at radius 3 is 2.31 bits per heavy atom. The Kier molecular flexibility index (Phi) is 9.95. The molecular formula is C25H38ClNO4S. The van der Waals surface area contributed by atoms with Gasteiger partial charge in [-0.2, -0.15) is 0 Å². The minimum Gasteiger partial charge on any atom is -0.371 e. The number of ketones is 1. The maximum absolute atomic E-state index is 12.6. The number of rotatable bonds is 6. The molecule has 0 saturated carbocycles. The first-order valence-electron chi connectivity index (χ1n) is 11.7. The highest BCUT2D eigenvalue weighted by molar-refractivity contribution is 7.91. The second-order valence-electron chi connectivity index (χ2n) is 8.63. The number of carbonyl (C=O) groups excluding carboxylic acids is 1. The summed E-state index contributed by atoms with van der Waals surface area (Å²) in [6.07, 6.45) is 4.05. The van der Waals surface area contributed by atoms with Gasteiger partial charge in [-0.3, -0.25) is 4.79 Å².